The van der Waals surface area contributed by atoms with Gasteiger partial charge in [0.1, 0.15) is 36.0 Å². The highest BCUT2D eigenvalue weighted by molar-refractivity contribution is 6.76. The topological polar surface area (TPSA) is 279 Å². The highest BCUT2D eigenvalue weighted by atomic mass is 35.5. The number of anilines is 1. The van der Waals surface area contributed by atoms with E-state index in [1.807, 2.05) is 0 Å². The maximum absolute atomic E-state index is 15.1. The maximum atomic E-state index is 15.1. The van der Waals surface area contributed by atoms with Gasteiger partial charge in [0.05, 0.1) is 45.5 Å². The number of ether oxygens (including phenoxy) is 5. The number of hydrogen-bond acceptors (Lipinski definition) is 17. The molecule has 2 saturated heterocycles. The summed E-state index contributed by atoms with van der Waals surface area (Å²) in [7, 11) is 0.889. The fourth-order valence-electron chi connectivity index (χ4n) is 10.0. The molecule has 4 N–H and O–H groups in total. The van der Waals surface area contributed by atoms with Crippen molar-refractivity contribution in [2.75, 3.05) is 79.5 Å². The van der Waals surface area contributed by atoms with Crippen molar-refractivity contribution in [2.45, 2.75) is 75.5 Å². The van der Waals surface area contributed by atoms with Crippen LogP contribution in [-0.4, -0.2) is 162 Å². The van der Waals surface area contributed by atoms with Gasteiger partial charge >= 0.3 is 18.2 Å². The van der Waals surface area contributed by atoms with Gasteiger partial charge in [-0.25, -0.2) is 51.7 Å². The van der Waals surface area contributed by atoms with Crippen molar-refractivity contribution in [3.63, 3.8) is 0 Å². The van der Waals surface area contributed by atoms with Crippen LogP contribution in [0, 0.1) is 23.3 Å². The van der Waals surface area contributed by atoms with Crippen molar-refractivity contribution in [3.05, 3.63) is 111 Å². The summed E-state index contributed by atoms with van der Waals surface area (Å²) in [6.07, 6.45) is -0.652. The number of aromatic nitrogens is 2. The number of fused-ring (bicyclic) bond motifs is 4. The summed E-state index contributed by atoms with van der Waals surface area (Å²) in [5.74, 6) is -6.78. The molecule has 0 spiro atoms. The fraction of sp³-hybridized carbons (Fsp3) is 0.411. The molecule has 4 aliphatic heterocycles. The Hall–Kier alpha value is -8.33. The predicted molar refractivity (Wildman–Crippen MR) is 309 cm³/mol. The molecule has 24 nitrogen and oxygen atoms in total. The number of furan rings is 2. The molecule has 9 amide bonds. The molecule has 0 saturated carbocycles. The van der Waals surface area contributed by atoms with Crippen LogP contribution in [-0.2, 0) is 48.0 Å². The first-order chi connectivity index (χ1) is 41.1. The molecule has 0 radical (unpaired) electrons. The third-order valence-corrected chi connectivity index (χ3v) is 18.4. The van der Waals surface area contributed by atoms with E-state index in [4.69, 9.17) is 39.4 Å². The summed E-state index contributed by atoms with van der Waals surface area (Å²) in [5.41, 5.74) is -3.30. The lowest BCUT2D eigenvalue weighted by Crippen LogP contribution is -2.52. The third kappa shape index (κ3) is 12.8. The average molecular weight is 1270 g/mol. The molecule has 464 valence electrons. The van der Waals surface area contributed by atoms with Gasteiger partial charge in [-0.3, -0.25) is 19.2 Å². The number of imide groups is 2. The van der Waals surface area contributed by atoms with Crippen LogP contribution in [0.1, 0.15) is 43.4 Å². The van der Waals surface area contributed by atoms with Crippen LogP contribution >= 0.6 is 11.6 Å². The number of pyridine rings is 2. The monoisotopic (exact) mass is 1270 g/mol. The van der Waals surface area contributed by atoms with Gasteiger partial charge < -0.3 is 63.6 Å². The molecule has 4 aromatic heterocycles. The summed E-state index contributed by atoms with van der Waals surface area (Å²) < 4.78 is 96.9. The van der Waals surface area contributed by atoms with E-state index in [-0.39, 0.29) is 102 Å². The van der Waals surface area contributed by atoms with Crippen LogP contribution in [0.3, 0.4) is 0 Å². The lowest BCUT2D eigenvalue weighted by atomic mass is 9.95. The number of hydrogen-bond donors (Lipinski definition) is 4. The standard InChI is InChI=1S/C30H36F2N6O8Si.C26H27ClF2N4O6Si/c1-43-20-7-6-17-14-37(26(39)23(17)24(20)32)15-30(27(40)38(28(41)36-30)16-45-10-11-47(3,4)5)22-13-19-21(46-22)12-18(31)25(35-19)33-8-9-34-29(42)44-2;1-37-17-6-5-14-11-32(23(34)20(14)21(17)29)12-26(19-10-16-18(39-19)9-15(28)22(27)30-16)24(35)33(25(36)31-26)13-38-7-8-40(2,3)4/h6-7,12-13H,8-11,14-16H2,1-5H3,(H,33,35)(H,34,42)(H,36,41);5-6,9-10H,7-8,11-13H2,1-4H3,(H,31,36)/t30-;26-/m00/s1. The quantitative estimate of drug-likeness (QED) is 0.0164. The van der Waals surface area contributed by atoms with E-state index in [0.29, 0.717) is 24.3 Å². The Morgan fingerprint density at radius 3 is 1.54 bits per heavy atom. The minimum atomic E-state index is -1.98. The summed E-state index contributed by atoms with van der Waals surface area (Å²) in [6.45, 7) is 12.3. The van der Waals surface area contributed by atoms with Gasteiger partial charge in [0.15, 0.2) is 68.0 Å². The Kier molecular flexibility index (Phi) is 18.0. The van der Waals surface area contributed by atoms with Crippen molar-refractivity contribution < 1.29 is 83.6 Å². The second kappa shape index (κ2) is 24.8. The van der Waals surface area contributed by atoms with Gasteiger partial charge in [0.25, 0.3) is 23.6 Å². The number of carbonyl (C=O) groups excluding carboxylic acids is 7. The minimum absolute atomic E-state index is 0.0185. The Morgan fingerprint density at radius 2 is 1.10 bits per heavy atom. The van der Waals surface area contributed by atoms with Crippen LogP contribution in [0.15, 0.2) is 57.4 Å². The predicted octanol–water partition coefficient (Wildman–Crippen LogP) is 8.08. The smallest absolute Gasteiger partial charge is 0.406 e. The van der Waals surface area contributed by atoms with E-state index in [1.165, 1.54) is 55.4 Å². The number of halogens is 5. The molecule has 2 atom stereocenters. The molecular formula is C56H63ClF4N10O14Si2. The number of urea groups is 2. The van der Waals surface area contributed by atoms with Crippen molar-refractivity contribution in [3.8, 4) is 11.5 Å². The second-order valence-electron chi connectivity index (χ2n) is 23.3. The average Bonchev–Trinajstić information content (AvgIpc) is 1.65. The zero-order chi connectivity index (χ0) is 63.1. The van der Waals surface area contributed by atoms with E-state index >= 15 is 4.39 Å². The third-order valence-electron chi connectivity index (χ3n) is 14.8. The molecule has 0 bridgehead atoms. The molecule has 6 aromatic rings. The number of alkyl carbamates (subject to hydrolysis) is 1. The SMILES string of the molecule is COC(=O)NCCNc1nc2cc([C@]3(CN4Cc5ccc(OC)c(F)c5C4=O)NC(=O)N(COCC[Si](C)(C)C)C3=O)oc2cc1F.COc1ccc2c(c1F)C(=O)N(C[C@@]1(c3cc4nc(Cl)c(F)cc4o3)NC(=O)N(COCC[Si](C)(C)C)C1=O)C2. The van der Waals surface area contributed by atoms with Crippen LogP contribution in [0.5, 0.6) is 11.5 Å². The summed E-state index contributed by atoms with van der Waals surface area (Å²) in [5, 5.41) is 10.1. The van der Waals surface area contributed by atoms with E-state index in [0.717, 1.165) is 34.0 Å². The minimum Gasteiger partial charge on any atom is -0.494 e. The Bertz CT molecular complexity index is 3710. The number of rotatable bonds is 22. The van der Waals surface area contributed by atoms with E-state index < -0.39 is 111 Å². The van der Waals surface area contributed by atoms with Crippen LogP contribution in [0.4, 0.5) is 37.8 Å². The van der Waals surface area contributed by atoms with E-state index in [1.54, 1.807) is 12.1 Å². The van der Waals surface area contributed by atoms with Gasteiger partial charge in [-0.2, -0.15) is 0 Å². The number of nitrogens with zero attached hydrogens (tertiary/aromatic N) is 6. The Labute approximate surface area is 502 Å². The number of methoxy groups -OCH3 is 3. The molecule has 10 rings (SSSR count). The number of nitrogens with one attached hydrogen (secondary N) is 4. The molecule has 31 heteroatoms. The van der Waals surface area contributed by atoms with Crippen LogP contribution in [0.2, 0.25) is 56.5 Å². The maximum Gasteiger partial charge on any atom is 0.406 e. The summed E-state index contributed by atoms with van der Waals surface area (Å²) >= 11 is 5.83. The lowest BCUT2D eigenvalue weighted by molar-refractivity contribution is -0.137. The van der Waals surface area contributed by atoms with Crippen LogP contribution in [0.25, 0.3) is 22.2 Å². The highest BCUT2D eigenvalue weighted by Gasteiger charge is 2.59. The Balaban J connectivity index is 0.000000210. The molecule has 8 heterocycles. The lowest BCUT2D eigenvalue weighted by Gasteiger charge is -2.29. The largest absolute Gasteiger partial charge is 0.494 e. The first kappa shape index (κ1) is 63.2. The second-order valence-corrected chi connectivity index (χ2v) is 34.9. The molecule has 2 aromatic carbocycles. The number of carbonyl (C=O) groups is 7. The molecule has 0 unspecified atom stereocenters. The number of benzene rings is 2. The summed E-state index contributed by atoms with van der Waals surface area (Å²) in [4.78, 5) is 105. The number of amides is 9. The van der Waals surface area contributed by atoms with Crippen molar-refractivity contribution in [1.29, 1.82) is 0 Å². The molecule has 2 fully saturated rings. The van der Waals surface area contributed by atoms with Gasteiger partial charge in [-0.05, 0) is 35.3 Å². The van der Waals surface area contributed by atoms with Gasteiger partial charge in [0.2, 0.25) is 0 Å². The van der Waals surface area contributed by atoms with E-state index in [9.17, 15) is 46.7 Å². The first-order valence-corrected chi connectivity index (χ1v) is 35.1. The fourth-order valence-corrected chi connectivity index (χ4v) is 11.7. The Morgan fingerprint density at radius 1 is 0.655 bits per heavy atom. The normalized spacial score (nSPS) is 18.4. The van der Waals surface area contributed by atoms with Crippen LogP contribution < -0.4 is 30.7 Å². The van der Waals surface area contributed by atoms with Gasteiger partial charge in [-0.1, -0.05) is 63.0 Å². The molecule has 4 aliphatic rings. The summed E-state index contributed by atoms with van der Waals surface area (Å²) in [6, 6.07) is 10.8. The zero-order valence-electron chi connectivity index (χ0n) is 48.9. The van der Waals surface area contributed by atoms with E-state index in [2.05, 4.69) is 75.3 Å². The van der Waals surface area contributed by atoms with Crippen molar-refractivity contribution >= 4 is 97.6 Å². The van der Waals surface area contributed by atoms with Gasteiger partial charge in [0, 0.05) is 79.8 Å². The molecular weight excluding hydrogens is 1200 g/mol. The highest BCUT2D eigenvalue weighted by Crippen LogP contribution is 2.41. The van der Waals surface area contributed by atoms with Crippen molar-refractivity contribution in [1.82, 2.24) is 45.5 Å². The molecule has 87 heavy (non-hydrogen) atoms. The first-order valence-electron chi connectivity index (χ1n) is 27.3. The molecule has 0 aliphatic carbocycles. The van der Waals surface area contributed by atoms with Crippen molar-refractivity contribution in [2.24, 2.45) is 0 Å². The van der Waals surface area contributed by atoms with Gasteiger partial charge in [-0.15, -0.1) is 0 Å². The zero-order valence-corrected chi connectivity index (χ0v) is 51.6.